The first-order valence-electron chi connectivity index (χ1n) is 3.48. The Morgan fingerprint density at radius 2 is 1.67 bits per heavy atom. The van der Waals surface area contributed by atoms with E-state index in [1.165, 1.54) is 6.61 Å². The van der Waals surface area contributed by atoms with E-state index < -0.39 is 0 Å². The molecular formula is C7H15O2. The number of unbranched alkanes of at least 4 members (excludes halogenated alkanes) is 4. The first-order valence-corrected chi connectivity index (χ1v) is 3.48. The molecule has 0 bridgehead atoms. The number of aliphatic hydroxyl groups excluding tert-OH is 2. The Labute approximate surface area is 56.5 Å². The van der Waals surface area contributed by atoms with E-state index in [-0.39, 0.29) is 0 Å². The predicted molar refractivity (Wildman–Crippen MR) is 36.4 cm³/mol. The van der Waals surface area contributed by atoms with Gasteiger partial charge in [-0.2, -0.15) is 0 Å². The number of hydrogen-bond acceptors (Lipinski definition) is 2. The maximum Gasteiger partial charge on any atom is 0.0799 e. The van der Waals surface area contributed by atoms with Gasteiger partial charge >= 0.3 is 0 Å². The lowest BCUT2D eigenvalue weighted by atomic mass is 10.2. The fourth-order valence-electron chi connectivity index (χ4n) is 0.701. The standard InChI is InChI=1S/C7H15O2/c8-6-4-2-1-3-5-7-9/h6,8-9H,1-5,7H2. The lowest BCUT2D eigenvalue weighted by molar-refractivity contribution is 0.281. The molecule has 0 unspecified atom stereocenters. The molecule has 0 aromatic carbocycles. The summed E-state index contributed by atoms with van der Waals surface area (Å²) in [4.78, 5) is 0. The van der Waals surface area contributed by atoms with Gasteiger partial charge in [-0.15, -0.1) is 0 Å². The molecule has 0 aliphatic rings. The summed E-state index contributed by atoms with van der Waals surface area (Å²) in [7, 11) is 0. The van der Waals surface area contributed by atoms with Crippen LogP contribution in [0.2, 0.25) is 0 Å². The Morgan fingerprint density at radius 1 is 1.00 bits per heavy atom. The molecule has 0 fully saturated rings. The molecule has 0 saturated heterocycles. The largest absolute Gasteiger partial charge is 0.396 e. The molecule has 0 aliphatic carbocycles. The molecule has 2 N–H and O–H groups in total. The highest BCUT2D eigenvalue weighted by Gasteiger charge is 1.87. The van der Waals surface area contributed by atoms with Crippen LogP contribution in [0.3, 0.4) is 0 Å². The third-order valence-corrected chi connectivity index (χ3v) is 1.24. The monoisotopic (exact) mass is 131 g/mol. The van der Waals surface area contributed by atoms with Crippen molar-refractivity contribution < 1.29 is 10.2 Å². The average molecular weight is 131 g/mol. The molecule has 0 spiro atoms. The van der Waals surface area contributed by atoms with Crippen LogP contribution in [0.15, 0.2) is 0 Å². The van der Waals surface area contributed by atoms with Gasteiger partial charge in [0, 0.05) is 6.61 Å². The molecule has 0 aromatic heterocycles. The van der Waals surface area contributed by atoms with Crippen LogP contribution in [0.25, 0.3) is 0 Å². The van der Waals surface area contributed by atoms with Crippen molar-refractivity contribution in [2.75, 3.05) is 6.61 Å². The van der Waals surface area contributed by atoms with Gasteiger partial charge in [0.15, 0.2) is 0 Å². The van der Waals surface area contributed by atoms with E-state index in [2.05, 4.69) is 0 Å². The normalized spacial score (nSPS) is 10.0. The van der Waals surface area contributed by atoms with Crippen molar-refractivity contribution in [1.82, 2.24) is 0 Å². The minimum Gasteiger partial charge on any atom is -0.396 e. The SMILES string of the molecule is O[CH]CCCCCCO. The molecule has 2 nitrogen and oxygen atoms in total. The zero-order chi connectivity index (χ0) is 6.95. The van der Waals surface area contributed by atoms with Crippen LogP contribution < -0.4 is 0 Å². The Bertz CT molecular complexity index is 40.2. The van der Waals surface area contributed by atoms with Crippen molar-refractivity contribution in [2.45, 2.75) is 32.1 Å². The predicted octanol–water partition coefficient (Wildman–Crippen LogP) is 1.46. The van der Waals surface area contributed by atoms with E-state index in [1.54, 1.807) is 0 Å². The highest BCUT2D eigenvalue weighted by molar-refractivity contribution is 4.48. The van der Waals surface area contributed by atoms with Crippen LogP contribution in [0.4, 0.5) is 0 Å². The van der Waals surface area contributed by atoms with E-state index in [9.17, 15) is 0 Å². The smallest absolute Gasteiger partial charge is 0.0799 e. The second kappa shape index (κ2) is 7.92. The molecule has 2 heteroatoms. The maximum absolute atomic E-state index is 8.37. The quantitative estimate of drug-likeness (QED) is 0.536. The molecule has 9 heavy (non-hydrogen) atoms. The lowest BCUT2D eigenvalue weighted by Gasteiger charge is -1.95. The third kappa shape index (κ3) is 7.92. The van der Waals surface area contributed by atoms with Gasteiger partial charge in [-0.25, -0.2) is 0 Å². The molecule has 0 rings (SSSR count). The topological polar surface area (TPSA) is 40.5 Å². The summed E-state index contributed by atoms with van der Waals surface area (Å²) < 4.78 is 0. The van der Waals surface area contributed by atoms with Crippen molar-refractivity contribution in [1.29, 1.82) is 0 Å². The van der Waals surface area contributed by atoms with Crippen LogP contribution >= 0.6 is 0 Å². The number of hydrogen-bond donors (Lipinski definition) is 2. The van der Waals surface area contributed by atoms with Crippen molar-refractivity contribution in [3.8, 4) is 0 Å². The summed E-state index contributed by atoms with van der Waals surface area (Å²) in [5, 5.41) is 16.6. The molecule has 0 aromatic rings. The first-order chi connectivity index (χ1) is 4.41. The Balaban J connectivity index is 2.60. The molecule has 0 aliphatic heterocycles. The van der Waals surface area contributed by atoms with Gasteiger partial charge in [-0.1, -0.05) is 19.3 Å². The summed E-state index contributed by atoms with van der Waals surface area (Å²) in [5.41, 5.74) is 0. The van der Waals surface area contributed by atoms with E-state index in [1.807, 2.05) is 0 Å². The third-order valence-electron chi connectivity index (χ3n) is 1.24. The highest BCUT2D eigenvalue weighted by Crippen LogP contribution is 2.02. The number of aliphatic hydroxyl groups is 2. The van der Waals surface area contributed by atoms with Gasteiger partial charge in [0.25, 0.3) is 0 Å². The van der Waals surface area contributed by atoms with E-state index >= 15 is 0 Å². The second-order valence-electron chi connectivity index (χ2n) is 2.11. The van der Waals surface area contributed by atoms with Crippen LogP contribution in [0, 0.1) is 6.61 Å². The molecule has 0 heterocycles. The van der Waals surface area contributed by atoms with Crippen LogP contribution in [-0.4, -0.2) is 16.8 Å². The van der Waals surface area contributed by atoms with Gasteiger partial charge in [0.2, 0.25) is 0 Å². The van der Waals surface area contributed by atoms with Crippen LogP contribution in [0.1, 0.15) is 32.1 Å². The zero-order valence-electron chi connectivity index (χ0n) is 5.71. The van der Waals surface area contributed by atoms with Crippen molar-refractivity contribution in [2.24, 2.45) is 0 Å². The summed E-state index contributed by atoms with van der Waals surface area (Å²) in [5.74, 6) is 0. The fourth-order valence-corrected chi connectivity index (χ4v) is 0.701. The Kier molecular flexibility index (Phi) is 7.85. The Hall–Kier alpha value is -0.0800. The summed E-state index contributed by atoms with van der Waals surface area (Å²) in [6, 6.07) is 0. The van der Waals surface area contributed by atoms with Crippen molar-refractivity contribution in [3.63, 3.8) is 0 Å². The highest BCUT2D eigenvalue weighted by atomic mass is 16.3. The van der Waals surface area contributed by atoms with E-state index in [0.717, 1.165) is 32.1 Å². The maximum atomic E-state index is 8.37. The summed E-state index contributed by atoms with van der Waals surface area (Å²) >= 11 is 0. The average Bonchev–Trinajstić information content (AvgIpc) is 1.89. The van der Waals surface area contributed by atoms with Gasteiger partial charge in [-0.3, -0.25) is 0 Å². The van der Waals surface area contributed by atoms with Gasteiger partial charge in [-0.05, 0) is 12.8 Å². The zero-order valence-corrected chi connectivity index (χ0v) is 5.71. The minimum absolute atomic E-state index is 0.294. The van der Waals surface area contributed by atoms with Crippen LogP contribution in [0.5, 0.6) is 0 Å². The van der Waals surface area contributed by atoms with Crippen molar-refractivity contribution in [3.05, 3.63) is 6.61 Å². The molecule has 0 amide bonds. The lowest BCUT2D eigenvalue weighted by Crippen LogP contribution is -1.83. The molecule has 0 saturated carbocycles. The Morgan fingerprint density at radius 3 is 2.22 bits per heavy atom. The van der Waals surface area contributed by atoms with E-state index in [4.69, 9.17) is 10.2 Å². The van der Waals surface area contributed by atoms with Crippen LogP contribution in [-0.2, 0) is 0 Å². The first kappa shape index (κ1) is 8.92. The van der Waals surface area contributed by atoms with Crippen molar-refractivity contribution >= 4 is 0 Å². The van der Waals surface area contributed by atoms with Gasteiger partial charge < -0.3 is 10.2 Å². The molecule has 0 atom stereocenters. The minimum atomic E-state index is 0.294. The fraction of sp³-hybridized carbons (Fsp3) is 0.857. The summed E-state index contributed by atoms with van der Waals surface area (Å²) in [6.45, 7) is 1.49. The molecule has 1 radical (unpaired) electrons. The van der Waals surface area contributed by atoms with Gasteiger partial charge in [0.1, 0.15) is 0 Å². The van der Waals surface area contributed by atoms with E-state index in [0.29, 0.717) is 6.61 Å². The molecular weight excluding hydrogens is 116 g/mol. The summed E-state index contributed by atoms with van der Waals surface area (Å²) in [6.07, 6.45) is 4.90. The van der Waals surface area contributed by atoms with Gasteiger partial charge in [0.05, 0.1) is 6.61 Å². The second-order valence-corrected chi connectivity index (χ2v) is 2.11. The number of rotatable bonds is 6. The molecule has 55 valence electrons.